The van der Waals surface area contributed by atoms with Gasteiger partial charge in [0, 0.05) is 18.9 Å². The van der Waals surface area contributed by atoms with E-state index < -0.39 is 0 Å². The maximum Gasteiger partial charge on any atom is 0.118 e. The maximum absolute atomic E-state index is 5.18. The number of aromatic amines is 1. The molecule has 2 atom stereocenters. The summed E-state index contributed by atoms with van der Waals surface area (Å²) in [6.07, 6.45) is 3.65. The molecule has 1 aromatic heterocycles. The third-order valence-electron chi connectivity index (χ3n) is 3.33. The molecule has 5 heteroatoms. The molecule has 0 amide bonds. The van der Waals surface area contributed by atoms with Gasteiger partial charge in [-0.1, -0.05) is 12.1 Å². The van der Waals surface area contributed by atoms with Gasteiger partial charge in [0.1, 0.15) is 11.6 Å². The van der Waals surface area contributed by atoms with E-state index in [0.29, 0.717) is 5.92 Å². The number of hydrogen-bond donors (Lipinski definition) is 3. The zero-order chi connectivity index (χ0) is 12.4. The van der Waals surface area contributed by atoms with Gasteiger partial charge >= 0.3 is 0 Å². The summed E-state index contributed by atoms with van der Waals surface area (Å²) in [4.78, 5) is 7.53. The third-order valence-corrected chi connectivity index (χ3v) is 3.33. The van der Waals surface area contributed by atoms with Crippen LogP contribution in [0.4, 0.5) is 0 Å². The van der Waals surface area contributed by atoms with Gasteiger partial charge in [-0.2, -0.15) is 0 Å². The molecule has 1 aromatic carbocycles. The standard InChI is InChI=1S/C13H16N4O/c1-18-10-4-2-9(3-5-10)12-11(8-16-17-12)13-14-6-7-15-13/h2-7,11-12,16-17H,8H2,1H3,(H,14,15). The van der Waals surface area contributed by atoms with Crippen molar-refractivity contribution in [3.63, 3.8) is 0 Å². The predicted molar refractivity (Wildman–Crippen MR) is 68.2 cm³/mol. The molecule has 1 fully saturated rings. The fourth-order valence-corrected chi connectivity index (χ4v) is 2.36. The molecule has 2 aromatic rings. The van der Waals surface area contributed by atoms with E-state index in [-0.39, 0.29) is 6.04 Å². The molecule has 2 heterocycles. The van der Waals surface area contributed by atoms with Gasteiger partial charge in [-0.3, -0.25) is 5.43 Å². The van der Waals surface area contributed by atoms with Crippen LogP contribution in [0.15, 0.2) is 36.7 Å². The molecule has 0 saturated carbocycles. The summed E-state index contributed by atoms with van der Waals surface area (Å²) in [5.41, 5.74) is 7.72. The van der Waals surface area contributed by atoms with E-state index in [0.717, 1.165) is 18.1 Å². The number of benzene rings is 1. The minimum Gasteiger partial charge on any atom is -0.497 e. The Balaban J connectivity index is 1.85. The Kier molecular flexibility index (Phi) is 3.00. The van der Waals surface area contributed by atoms with E-state index in [9.17, 15) is 0 Å². The van der Waals surface area contributed by atoms with Crippen molar-refractivity contribution in [1.29, 1.82) is 0 Å². The number of hydrogen-bond acceptors (Lipinski definition) is 4. The molecule has 3 rings (SSSR count). The zero-order valence-electron chi connectivity index (χ0n) is 10.2. The summed E-state index contributed by atoms with van der Waals surface area (Å²) < 4.78 is 5.18. The number of ether oxygens (including phenoxy) is 1. The molecule has 0 aliphatic carbocycles. The fraction of sp³-hybridized carbons (Fsp3) is 0.308. The monoisotopic (exact) mass is 244 g/mol. The van der Waals surface area contributed by atoms with Crippen LogP contribution in [0.5, 0.6) is 5.75 Å². The van der Waals surface area contributed by atoms with Crippen molar-refractivity contribution in [2.24, 2.45) is 0 Å². The summed E-state index contributed by atoms with van der Waals surface area (Å²) in [6, 6.07) is 8.35. The van der Waals surface area contributed by atoms with E-state index in [1.807, 2.05) is 18.3 Å². The van der Waals surface area contributed by atoms with E-state index in [4.69, 9.17) is 4.74 Å². The number of rotatable bonds is 3. The summed E-state index contributed by atoms with van der Waals surface area (Å²) in [5.74, 6) is 2.20. The number of nitrogens with one attached hydrogen (secondary N) is 3. The second kappa shape index (κ2) is 4.80. The molecule has 3 N–H and O–H groups in total. The van der Waals surface area contributed by atoms with Crippen LogP contribution in [0.3, 0.4) is 0 Å². The first-order chi connectivity index (χ1) is 8.88. The highest BCUT2D eigenvalue weighted by atomic mass is 16.5. The van der Waals surface area contributed by atoms with Crippen molar-refractivity contribution < 1.29 is 4.74 Å². The number of aromatic nitrogens is 2. The molecule has 1 aliphatic rings. The molecule has 0 spiro atoms. The first-order valence-electron chi connectivity index (χ1n) is 6.00. The number of methoxy groups -OCH3 is 1. The van der Waals surface area contributed by atoms with Crippen LogP contribution in [0.2, 0.25) is 0 Å². The molecule has 0 bridgehead atoms. The molecule has 94 valence electrons. The molecule has 0 radical (unpaired) electrons. The summed E-state index contributed by atoms with van der Waals surface area (Å²) in [6.45, 7) is 0.865. The van der Waals surface area contributed by atoms with Gasteiger partial charge in [0.25, 0.3) is 0 Å². The lowest BCUT2D eigenvalue weighted by Gasteiger charge is -2.17. The Morgan fingerprint density at radius 1 is 1.28 bits per heavy atom. The molecule has 1 aliphatic heterocycles. The van der Waals surface area contributed by atoms with Gasteiger partial charge in [0.05, 0.1) is 19.1 Å². The summed E-state index contributed by atoms with van der Waals surface area (Å²) in [5, 5.41) is 0. The minimum atomic E-state index is 0.224. The highest BCUT2D eigenvalue weighted by molar-refractivity contribution is 5.31. The smallest absolute Gasteiger partial charge is 0.118 e. The average Bonchev–Trinajstić information content (AvgIpc) is 3.09. The second-order valence-electron chi connectivity index (χ2n) is 4.36. The van der Waals surface area contributed by atoms with Crippen LogP contribution in [0.25, 0.3) is 0 Å². The van der Waals surface area contributed by atoms with Crippen LogP contribution >= 0.6 is 0 Å². The Morgan fingerprint density at radius 2 is 2.11 bits per heavy atom. The predicted octanol–water partition coefficient (Wildman–Crippen LogP) is 1.35. The Labute approximate surface area is 106 Å². The van der Waals surface area contributed by atoms with Crippen molar-refractivity contribution in [1.82, 2.24) is 20.8 Å². The molecular formula is C13H16N4O. The maximum atomic E-state index is 5.18. The quantitative estimate of drug-likeness (QED) is 0.762. The Bertz CT molecular complexity index is 494. The lowest BCUT2D eigenvalue weighted by atomic mass is 9.94. The van der Waals surface area contributed by atoms with Crippen molar-refractivity contribution in [2.75, 3.05) is 13.7 Å². The number of hydrazine groups is 1. The van der Waals surface area contributed by atoms with Crippen LogP contribution < -0.4 is 15.6 Å². The molecule has 1 saturated heterocycles. The summed E-state index contributed by atoms with van der Waals surface area (Å²) in [7, 11) is 1.68. The van der Waals surface area contributed by atoms with E-state index in [1.54, 1.807) is 13.3 Å². The molecule has 18 heavy (non-hydrogen) atoms. The van der Waals surface area contributed by atoms with Gasteiger partial charge in [-0.25, -0.2) is 10.4 Å². The molecular weight excluding hydrogens is 228 g/mol. The first-order valence-corrected chi connectivity index (χ1v) is 6.00. The minimum absolute atomic E-state index is 0.224. The second-order valence-corrected chi connectivity index (χ2v) is 4.36. The highest BCUT2D eigenvalue weighted by Crippen LogP contribution is 2.31. The van der Waals surface area contributed by atoms with E-state index >= 15 is 0 Å². The SMILES string of the molecule is COc1ccc(C2NNCC2c2ncc[nH]2)cc1. The topological polar surface area (TPSA) is 62.0 Å². The highest BCUT2D eigenvalue weighted by Gasteiger charge is 2.31. The number of H-pyrrole nitrogens is 1. The number of imidazole rings is 1. The fourth-order valence-electron chi connectivity index (χ4n) is 2.36. The molecule has 2 unspecified atom stereocenters. The van der Waals surface area contributed by atoms with Crippen LogP contribution in [0.1, 0.15) is 23.3 Å². The van der Waals surface area contributed by atoms with Crippen LogP contribution in [0, 0.1) is 0 Å². The van der Waals surface area contributed by atoms with E-state index in [1.165, 1.54) is 5.56 Å². The number of nitrogens with zero attached hydrogens (tertiary/aromatic N) is 1. The van der Waals surface area contributed by atoms with Gasteiger partial charge < -0.3 is 9.72 Å². The van der Waals surface area contributed by atoms with Crippen molar-refractivity contribution in [3.8, 4) is 5.75 Å². The Hall–Kier alpha value is -1.85. The molecule has 5 nitrogen and oxygen atoms in total. The van der Waals surface area contributed by atoms with Crippen LogP contribution in [-0.4, -0.2) is 23.6 Å². The lowest BCUT2D eigenvalue weighted by molar-refractivity contribution is 0.414. The van der Waals surface area contributed by atoms with Gasteiger partial charge in [-0.05, 0) is 17.7 Å². The van der Waals surface area contributed by atoms with Crippen molar-refractivity contribution in [2.45, 2.75) is 12.0 Å². The Morgan fingerprint density at radius 3 is 2.78 bits per heavy atom. The lowest BCUT2D eigenvalue weighted by Crippen LogP contribution is -2.24. The van der Waals surface area contributed by atoms with E-state index in [2.05, 4.69) is 33.0 Å². The van der Waals surface area contributed by atoms with Gasteiger partial charge in [-0.15, -0.1) is 0 Å². The zero-order valence-corrected chi connectivity index (χ0v) is 10.2. The van der Waals surface area contributed by atoms with Gasteiger partial charge in [0.15, 0.2) is 0 Å². The van der Waals surface area contributed by atoms with Crippen LogP contribution in [-0.2, 0) is 0 Å². The van der Waals surface area contributed by atoms with Crippen molar-refractivity contribution in [3.05, 3.63) is 48.0 Å². The first kappa shape index (κ1) is 11.3. The average molecular weight is 244 g/mol. The summed E-state index contributed by atoms with van der Waals surface area (Å²) >= 11 is 0. The van der Waals surface area contributed by atoms with Gasteiger partial charge in [0.2, 0.25) is 0 Å². The third kappa shape index (κ3) is 1.98. The van der Waals surface area contributed by atoms with Crippen molar-refractivity contribution >= 4 is 0 Å². The normalized spacial score (nSPS) is 23.2. The largest absolute Gasteiger partial charge is 0.497 e.